The molecule has 0 amide bonds. The fraction of sp³-hybridized carbons (Fsp3) is 0.455. The molecule has 3 nitrogen and oxygen atoms in total. The molecule has 1 atom stereocenters. The number of hydrogen-bond acceptors (Lipinski definition) is 3. The third-order valence-corrected chi connectivity index (χ3v) is 2.40. The van der Waals surface area contributed by atoms with E-state index in [0.29, 0.717) is 30.1 Å². The SMILES string of the molecule is OCC(O)CNCCc1cc(Cl)ccc1F. The molecular weight excluding hydrogens is 233 g/mol. The van der Waals surface area contributed by atoms with Gasteiger partial charge in [0.05, 0.1) is 12.7 Å². The van der Waals surface area contributed by atoms with E-state index >= 15 is 0 Å². The second-order valence-corrected chi connectivity index (χ2v) is 3.96. The molecule has 16 heavy (non-hydrogen) atoms. The van der Waals surface area contributed by atoms with Crippen LogP contribution in [0.4, 0.5) is 4.39 Å². The first-order valence-corrected chi connectivity index (χ1v) is 5.45. The molecule has 5 heteroatoms. The Bertz CT molecular complexity index is 336. The lowest BCUT2D eigenvalue weighted by Crippen LogP contribution is -2.30. The second kappa shape index (κ2) is 6.81. The summed E-state index contributed by atoms with van der Waals surface area (Å²) in [4.78, 5) is 0. The molecule has 0 saturated carbocycles. The van der Waals surface area contributed by atoms with Crippen molar-refractivity contribution in [2.24, 2.45) is 0 Å². The molecule has 1 rings (SSSR count). The van der Waals surface area contributed by atoms with Gasteiger partial charge in [-0.2, -0.15) is 0 Å². The number of benzene rings is 1. The maximum absolute atomic E-state index is 13.2. The molecule has 3 N–H and O–H groups in total. The highest BCUT2D eigenvalue weighted by molar-refractivity contribution is 6.30. The van der Waals surface area contributed by atoms with E-state index in [1.54, 1.807) is 6.07 Å². The largest absolute Gasteiger partial charge is 0.394 e. The van der Waals surface area contributed by atoms with Crippen molar-refractivity contribution in [3.8, 4) is 0 Å². The van der Waals surface area contributed by atoms with Gasteiger partial charge in [-0.05, 0) is 36.7 Å². The van der Waals surface area contributed by atoms with Crippen molar-refractivity contribution in [1.29, 1.82) is 0 Å². The Labute approximate surface area is 98.9 Å². The van der Waals surface area contributed by atoms with Gasteiger partial charge in [-0.3, -0.25) is 0 Å². The summed E-state index contributed by atoms with van der Waals surface area (Å²) in [6, 6.07) is 4.42. The van der Waals surface area contributed by atoms with Crippen molar-refractivity contribution in [2.45, 2.75) is 12.5 Å². The van der Waals surface area contributed by atoms with Gasteiger partial charge in [-0.1, -0.05) is 11.6 Å². The lowest BCUT2D eigenvalue weighted by Gasteiger charge is -2.09. The fourth-order valence-electron chi connectivity index (χ4n) is 1.29. The normalized spacial score (nSPS) is 12.8. The Morgan fingerprint density at radius 3 is 2.88 bits per heavy atom. The monoisotopic (exact) mass is 247 g/mol. The first kappa shape index (κ1) is 13.4. The molecule has 0 fully saturated rings. The van der Waals surface area contributed by atoms with Gasteiger partial charge < -0.3 is 15.5 Å². The molecule has 0 aromatic heterocycles. The number of nitrogens with one attached hydrogen (secondary N) is 1. The summed E-state index contributed by atoms with van der Waals surface area (Å²) < 4.78 is 13.2. The summed E-state index contributed by atoms with van der Waals surface area (Å²) in [7, 11) is 0. The van der Waals surface area contributed by atoms with Crippen molar-refractivity contribution in [1.82, 2.24) is 5.32 Å². The standard InChI is InChI=1S/C11H15ClFNO2/c12-9-1-2-11(13)8(5-9)3-4-14-6-10(16)7-15/h1-2,5,10,14-16H,3-4,6-7H2. The molecule has 1 aromatic carbocycles. The van der Waals surface area contributed by atoms with Crippen LogP contribution in [-0.4, -0.2) is 36.0 Å². The Hall–Kier alpha value is -0.680. The van der Waals surface area contributed by atoms with Crippen LogP contribution in [0, 0.1) is 5.82 Å². The molecule has 1 unspecified atom stereocenters. The first-order valence-electron chi connectivity index (χ1n) is 5.07. The van der Waals surface area contributed by atoms with Crippen LogP contribution in [0.1, 0.15) is 5.56 Å². The maximum atomic E-state index is 13.2. The molecule has 0 spiro atoms. The van der Waals surface area contributed by atoms with Crippen molar-refractivity contribution in [2.75, 3.05) is 19.7 Å². The van der Waals surface area contributed by atoms with E-state index in [2.05, 4.69) is 5.32 Å². The Balaban J connectivity index is 2.34. The van der Waals surface area contributed by atoms with Crippen molar-refractivity contribution in [3.63, 3.8) is 0 Å². The smallest absolute Gasteiger partial charge is 0.126 e. The van der Waals surface area contributed by atoms with Gasteiger partial charge in [0, 0.05) is 11.6 Å². The van der Waals surface area contributed by atoms with Gasteiger partial charge >= 0.3 is 0 Å². The summed E-state index contributed by atoms with van der Waals surface area (Å²) in [6.07, 6.45) is -0.283. The zero-order valence-electron chi connectivity index (χ0n) is 8.79. The van der Waals surface area contributed by atoms with E-state index in [4.69, 9.17) is 21.8 Å². The number of hydrogen-bond donors (Lipinski definition) is 3. The van der Waals surface area contributed by atoms with Crippen molar-refractivity contribution in [3.05, 3.63) is 34.6 Å². The van der Waals surface area contributed by atoms with Crippen LogP contribution in [0.5, 0.6) is 0 Å². The second-order valence-electron chi connectivity index (χ2n) is 3.53. The predicted octanol–water partition coefficient (Wildman–Crippen LogP) is 0.964. The van der Waals surface area contributed by atoms with Gasteiger partial charge in [-0.25, -0.2) is 4.39 Å². The molecule has 0 aliphatic rings. The lowest BCUT2D eigenvalue weighted by atomic mass is 10.1. The van der Waals surface area contributed by atoms with E-state index in [9.17, 15) is 4.39 Å². The van der Waals surface area contributed by atoms with Crippen LogP contribution >= 0.6 is 11.6 Å². The minimum atomic E-state index is -0.774. The fourth-order valence-corrected chi connectivity index (χ4v) is 1.49. The van der Waals surface area contributed by atoms with Crippen molar-refractivity contribution >= 4 is 11.6 Å². The van der Waals surface area contributed by atoms with E-state index in [1.807, 2.05) is 0 Å². The van der Waals surface area contributed by atoms with E-state index in [0.717, 1.165) is 0 Å². The van der Waals surface area contributed by atoms with Gasteiger partial charge in [0.2, 0.25) is 0 Å². The topological polar surface area (TPSA) is 52.5 Å². The summed E-state index contributed by atoms with van der Waals surface area (Å²) in [5.74, 6) is -0.283. The van der Waals surface area contributed by atoms with Crippen LogP contribution < -0.4 is 5.32 Å². The number of aliphatic hydroxyl groups is 2. The minimum absolute atomic E-state index is 0.279. The minimum Gasteiger partial charge on any atom is -0.394 e. The van der Waals surface area contributed by atoms with E-state index in [-0.39, 0.29) is 12.4 Å². The molecule has 1 aromatic rings. The third kappa shape index (κ3) is 4.45. The lowest BCUT2D eigenvalue weighted by molar-refractivity contribution is 0.0947. The maximum Gasteiger partial charge on any atom is 0.126 e. The van der Waals surface area contributed by atoms with Gasteiger partial charge in [-0.15, -0.1) is 0 Å². The van der Waals surface area contributed by atoms with Crippen LogP contribution in [0.15, 0.2) is 18.2 Å². The summed E-state index contributed by atoms with van der Waals surface area (Å²) in [5, 5.41) is 21.0. The van der Waals surface area contributed by atoms with E-state index in [1.165, 1.54) is 12.1 Å². The molecule has 90 valence electrons. The highest BCUT2D eigenvalue weighted by atomic mass is 35.5. The quantitative estimate of drug-likeness (QED) is 0.657. The Morgan fingerprint density at radius 2 is 2.19 bits per heavy atom. The third-order valence-electron chi connectivity index (χ3n) is 2.17. The number of halogens is 2. The van der Waals surface area contributed by atoms with Crippen molar-refractivity contribution < 1.29 is 14.6 Å². The summed E-state index contributed by atoms with van der Waals surface area (Å²) >= 11 is 5.74. The molecule has 0 aliphatic carbocycles. The van der Waals surface area contributed by atoms with Gasteiger partial charge in [0.1, 0.15) is 5.82 Å². The van der Waals surface area contributed by atoms with Gasteiger partial charge in [0.25, 0.3) is 0 Å². The first-order chi connectivity index (χ1) is 7.63. The predicted molar refractivity (Wildman–Crippen MR) is 61.1 cm³/mol. The van der Waals surface area contributed by atoms with Crippen LogP contribution in [0.3, 0.4) is 0 Å². The number of aliphatic hydroxyl groups excluding tert-OH is 2. The zero-order valence-corrected chi connectivity index (χ0v) is 9.54. The molecule has 0 radical (unpaired) electrons. The molecule has 0 aliphatic heterocycles. The van der Waals surface area contributed by atoms with Crippen LogP contribution in [0.25, 0.3) is 0 Å². The Morgan fingerprint density at radius 1 is 1.44 bits per heavy atom. The summed E-state index contributed by atoms with van der Waals surface area (Å²) in [6.45, 7) is 0.533. The summed E-state index contributed by atoms with van der Waals surface area (Å²) in [5.41, 5.74) is 0.540. The van der Waals surface area contributed by atoms with Gasteiger partial charge in [0.15, 0.2) is 0 Å². The number of rotatable bonds is 6. The molecular formula is C11H15ClFNO2. The molecule has 0 heterocycles. The zero-order chi connectivity index (χ0) is 12.0. The average molecular weight is 248 g/mol. The average Bonchev–Trinajstić information content (AvgIpc) is 2.28. The highest BCUT2D eigenvalue weighted by Crippen LogP contribution is 2.14. The van der Waals surface area contributed by atoms with E-state index < -0.39 is 6.10 Å². The Kier molecular flexibility index (Phi) is 5.69. The van der Waals surface area contributed by atoms with Crippen LogP contribution in [-0.2, 0) is 6.42 Å². The molecule has 0 bridgehead atoms. The highest BCUT2D eigenvalue weighted by Gasteiger charge is 2.04. The molecule has 0 saturated heterocycles. The van der Waals surface area contributed by atoms with Crippen LogP contribution in [0.2, 0.25) is 5.02 Å².